The summed E-state index contributed by atoms with van der Waals surface area (Å²) in [5.74, 6) is -0.0744. The van der Waals surface area contributed by atoms with E-state index in [1.54, 1.807) is 6.92 Å². The molecule has 0 saturated carbocycles. The third kappa shape index (κ3) is 4.42. The normalized spacial score (nSPS) is 18.4. The van der Waals surface area contributed by atoms with Gasteiger partial charge in [0.2, 0.25) is 0 Å². The van der Waals surface area contributed by atoms with Crippen molar-refractivity contribution >= 4 is 11.9 Å². The summed E-state index contributed by atoms with van der Waals surface area (Å²) in [5, 5.41) is 3.04. The minimum atomic E-state index is -0.399. The number of aromatic nitrogens is 1. The minimum Gasteiger partial charge on any atom is -0.465 e. The molecule has 1 aliphatic rings. The van der Waals surface area contributed by atoms with Gasteiger partial charge in [-0.3, -0.25) is 4.79 Å². The van der Waals surface area contributed by atoms with Gasteiger partial charge in [0, 0.05) is 24.8 Å². The van der Waals surface area contributed by atoms with E-state index in [0.717, 1.165) is 25.2 Å². The molecule has 2 rings (SSSR count). The van der Waals surface area contributed by atoms with E-state index in [1.165, 1.54) is 13.5 Å². The van der Waals surface area contributed by atoms with Crippen LogP contribution in [0.3, 0.4) is 0 Å². The third-order valence-electron chi connectivity index (χ3n) is 5.13. The van der Waals surface area contributed by atoms with Crippen LogP contribution in [0, 0.1) is 12.8 Å². The van der Waals surface area contributed by atoms with Crippen LogP contribution in [-0.4, -0.2) is 54.5 Å². The molecule has 2 N–H and O–H groups in total. The number of H-pyrrole nitrogens is 1. The summed E-state index contributed by atoms with van der Waals surface area (Å²) in [7, 11) is 1.36. The monoisotopic (exact) mass is 349 g/mol. The summed E-state index contributed by atoms with van der Waals surface area (Å²) >= 11 is 0. The highest BCUT2D eigenvalue weighted by Crippen LogP contribution is 2.21. The zero-order chi connectivity index (χ0) is 18.6. The predicted molar refractivity (Wildman–Crippen MR) is 98.0 cm³/mol. The summed E-state index contributed by atoms with van der Waals surface area (Å²) in [4.78, 5) is 30.2. The van der Waals surface area contributed by atoms with Gasteiger partial charge in [0.25, 0.3) is 5.91 Å². The maximum absolute atomic E-state index is 12.6. The Morgan fingerprint density at radius 1 is 1.40 bits per heavy atom. The number of piperidine rings is 1. The van der Waals surface area contributed by atoms with Crippen LogP contribution >= 0.6 is 0 Å². The zero-order valence-corrected chi connectivity index (χ0v) is 16.1. The summed E-state index contributed by atoms with van der Waals surface area (Å²) < 4.78 is 4.85. The number of amides is 1. The molecule has 25 heavy (non-hydrogen) atoms. The van der Waals surface area contributed by atoms with Crippen LogP contribution in [0.25, 0.3) is 0 Å². The van der Waals surface area contributed by atoms with Crippen LogP contribution in [0.4, 0.5) is 0 Å². The first-order valence-corrected chi connectivity index (χ1v) is 9.20. The lowest BCUT2D eigenvalue weighted by Crippen LogP contribution is -2.43. The van der Waals surface area contributed by atoms with E-state index < -0.39 is 5.97 Å². The molecule has 140 valence electrons. The van der Waals surface area contributed by atoms with E-state index in [4.69, 9.17) is 4.74 Å². The van der Waals surface area contributed by atoms with Crippen LogP contribution in [0.5, 0.6) is 0 Å². The van der Waals surface area contributed by atoms with Crippen LogP contribution in [0.15, 0.2) is 0 Å². The summed E-state index contributed by atoms with van der Waals surface area (Å²) in [5.41, 5.74) is 2.36. The SMILES string of the molecule is CCc1[nH]c(C(=O)NCC2CCCN(C(C)C)C2)c(C)c1C(=O)OC. The molecular formula is C19H31N3O3. The zero-order valence-electron chi connectivity index (χ0n) is 16.1. The van der Waals surface area contributed by atoms with Crippen molar-refractivity contribution in [2.24, 2.45) is 5.92 Å². The van der Waals surface area contributed by atoms with Crippen molar-refractivity contribution in [1.82, 2.24) is 15.2 Å². The molecule has 1 aromatic heterocycles. The van der Waals surface area contributed by atoms with Gasteiger partial charge >= 0.3 is 5.97 Å². The average Bonchev–Trinajstić information content (AvgIpc) is 2.95. The van der Waals surface area contributed by atoms with Crippen LogP contribution < -0.4 is 5.32 Å². The van der Waals surface area contributed by atoms with Gasteiger partial charge < -0.3 is 19.9 Å². The number of methoxy groups -OCH3 is 1. The van der Waals surface area contributed by atoms with Gasteiger partial charge in [-0.2, -0.15) is 0 Å². The van der Waals surface area contributed by atoms with Crippen molar-refractivity contribution in [3.63, 3.8) is 0 Å². The molecule has 1 aliphatic heterocycles. The van der Waals surface area contributed by atoms with Crippen molar-refractivity contribution in [2.45, 2.75) is 53.0 Å². The lowest BCUT2D eigenvalue weighted by atomic mass is 9.97. The molecule has 1 fully saturated rings. The first kappa shape index (κ1) is 19.5. The number of nitrogens with one attached hydrogen (secondary N) is 2. The molecular weight excluding hydrogens is 318 g/mol. The molecule has 1 saturated heterocycles. The molecule has 1 aromatic rings. The molecule has 2 heterocycles. The predicted octanol–water partition coefficient (Wildman–Crippen LogP) is 2.52. The minimum absolute atomic E-state index is 0.149. The fourth-order valence-electron chi connectivity index (χ4n) is 3.59. The molecule has 0 aliphatic carbocycles. The van der Waals surface area contributed by atoms with Crippen LogP contribution in [0.2, 0.25) is 0 Å². The van der Waals surface area contributed by atoms with E-state index in [1.807, 2.05) is 6.92 Å². The second-order valence-electron chi connectivity index (χ2n) is 7.13. The largest absolute Gasteiger partial charge is 0.465 e. The number of esters is 1. The molecule has 0 bridgehead atoms. The Morgan fingerprint density at radius 3 is 2.72 bits per heavy atom. The van der Waals surface area contributed by atoms with Gasteiger partial charge in [-0.1, -0.05) is 6.92 Å². The van der Waals surface area contributed by atoms with Gasteiger partial charge in [-0.15, -0.1) is 0 Å². The number of ether oxygens (including phenoxy) is 1. The number of likely N-dealkylation sites (tertiary alicyclic amines) is 1. The lowest BCUT2D eigenvalue weighted by Gasteiger charge is -2.35. The Labute approximate surface area is 150 Å². The molecule has 1 unspecified atom stereocenters. The highest BCUT2D eigenvalue weighted by atomic mass is 16.5. The second-order valence-corrected chi connectivity index (χ2v) is 7.13. The summed E-state index contributed by atoms with van der Waals surface area (Å²) in [6.45, 7) is 11.0. The molecule has 0 spiro atoms. The number of aromatic amines is 1. The van der Waals surface area contributed by atoms with Gasteiger partial charge in [-0.05, 0) is 58.1 Å². The number of carbonyl (C=O) groups excluding carboxylic acids is 2. The smallest absolute Gasteiger partial charge is 0.339 e. The Hall–Kier alpha value is -1.82. The number of nitrogens with zero attached hydrogens (tertiary/aromatic N) is 1. The average molecular weight is 349 g/mol. The van der Waals surface area contributed by atoms with Gasteiger partial charge in [0.1, 0.15) is 5.69 Å². The Bertz CT molecular complexity index is 622. The number of carbonyl (C=O) groups is 2. The van der Waals surface area contributed by atoms with Crippen molar-refractivity contribution in [3.8, 4) is 0 Å². The Balaban J connectivity index is 2.04. The molecule has 1 atom stereocenters. The molecule has 6 heteroatoms. The fraction of sp³-hybridized carbons (Fsp3) is 0.684. The maximum Gasteiger partial charge on any atom is 0.339 e. The van der Waals surface area contributed by atoms with Crippen molar-refractivity contribution in [1.29, 1.82) is 0 Å². The van der Waals surface area contributed by atoms with Gasteiger partial charge in [0.05, 0.1) is 12.7 Å². The quantitative estimate of drug-likeness (QED) is 0.774. The number of hydrogen-bond acceptors (Lipinski definition) is 4. The Morgan fingerprint density at radius 2 is 2.12 bits per heavy atom. The van der Waals surface area contributed by atoms with E-state index in [9.17, 15) is 9.59 Å². The lowest BCUT2D eigenvalue weighted by molar-refractivity contribution is 0.0599. The first-order chi connectivity index (χ1) is 11.9. The number of aryl methyl sites for hydroxylation is 1. The first-order valence-electron chi connectivity index (χ1n) is 9.20. The topological polar surface area (TPSA) is 74.4 Å². The van der Waals surface area contributed by atoms with Crippen molar-refractivity contribution < 1.29 is 14.3 Å². The van der Waals surface area contributed by atoms with E-state index in [-0.39, 0.29) is 5.91 Å². The number of rotatable bonds is 6. The maximum atomic E-state index is 12.6. The molecule has 1 amide bonds. The molecule has 0 radical (unpaired) electrons. The van der Waals surface area contributed by atoms with E-state index in [2.05, 4.69) is 29.0 Å². The molecule has 0 aromatic carbocycles. The van der Waals surface area contributed by atoms with E-state index in [0.29, 0.717) is 41.7 Å². The van der Waals surface area contributed by atoms with Gasteiger partial charge in [-0.25, -0.2) is 4.79 Å². The highest BCUT2D eigenvalue weighted by molar-refractivity contribution is 6.00. The third-order valence-corrected chi connectivity index (χ3v) is 5.13. The van der Waals surface area contributed by atoms with E-state index >= 15 is 0 Å². The standard InChI is InChI=1S/C19H31N3O3/c1-6-15-16(19(24)25-5)13(4)17(21-15)18(23)20-10-14-8-7-9-22(11-14)12(2)3/h12,14,21H,6-11H2,1-5H3,(H,20,23). The Kier molecular flexibility index (Phi) is 6.64. The highest BCUT2D eigenvalue weighted by Gasteiger charge is 2.25. The molecule has 6 nitrogen and oxygen atoms in total. The van der Waals surface area contributed by atoms with Crippen molar-refractivity contribution in [2.75, 3.05) is 26.7 Å². The van der Waals surface area contributed by atoms with Crippen LogP contribution in [0.1, 0.15) is 65.7 Å². The van der Waals surface area contributed by atoms with Crippen molar-refractivity contribution in [3.05, 3.63) is 22.5 Å². The van der Waals surface area contributed by atoms with Crippen LogP contribution in [-0.2, 0) is 11.2 Å². The number of hydrogen-bond donors (Lipinski definition) is 2. The fourth-order valence-corrected chi connectivity index (χ4v) is 3.59. The summed E-state index contributed by atoms with van der Waals surface area (Å²) in [6, 6.07) is 0.541. The second kappa shape index (κ2) is 8.52. The summed E-state index contributed by atoms with van der Waals surface area (Å²) in [6.07, 6.45) is 2.96. The van der Waals surface area contributed by atoms with Gasteiger partial charge in [0.15, 0.2) is 0 Å².